The Bertz CT molecular complexity index is 1100. The molecule has 156 valence electrons. The fourth-order valence-corrected chi connectivity index (χ4v) is 2.73. The van der Waals surface area contributed by atoms with Crippen molar-refractivity contribution in [3.8, 4) is 0 Å². The van der Waals surface area contributed by atoms with Gasteiger partial charge in [-0.3, -0.25) is 4.98 Å². The lowest BCUT2D eigenvalue weighted by Crippen LogP contribution is -2.17. The third-order valence-electron chi connectivity index (χ3n) is 4.30. The lowest BCUT2D eigenvalue weighted by atomic mass is 10.1. The second-order valence-corrected chi connectivity index (χ2v) is 6.48. The van der Waals surface area contributed by atoms with Crippen LogP contribution in [0.5, 0.6) is 0 Å². The van der Waals surface area contributed by atoms with Crippen molar-refractivity contribution in [3.05, 3.63) is 89.0 Å². The summed E-state index contributed by atoms with van der Waals surface area (Å²) in [4.78, 5) is 18.3. The van der Waals surface area contributed by atoms with E-state index in [2.05, 4.69) is 27.0 Å². The number of allylic oxidation sites excluding steroid dienone is 5. The van der Waals surface area contributed by atoms with Crippen LogP contribution in [-0.2, 0) is 17.9 Å². The average molecular weight is 407 g/mol. The summed E-state index contributed by atoms with van der Waals surface area (Å²) in [6.45, 7) is 9.29. The van der Waals surface area contributed by atoms with Crippen molar-refractivity contribution in [1.29, 1.82) is 0 Å². The summed E-state index contributed by atoms with van der Waals surface area (Å²) < 4.78 is 12.7. The van der Waals surface area contributed by atoms with Gasteiger partial charge in [-0.05, 0) is 31.0 Å². The Morgan fingerprint density at radius 2 is 2.30 bits per heavy atom. The third kappa shape index (κ3) is 5.45. The average Bonchev–Trinajstić information content (AvgIpc) is 3.37. The fourth-order valence-electron chi connectivity index (χ4n) is 2.73. The zero-order valence-corrected chi connectivity index (χ0v) is 17.1. The zero-order valence-electron chi connectivity index (χ0n) is 17.1. The number of rotatable bonds is 10. The molecule has 0 unspecified atom stereocenters. The van der Waals surface area contributed by atoms with Crippen LogP contribution in [0.4, 0.5) is 11.7 Å². The highest BCUT2D eigenvalue weighted by Gasteiger charge is 2.09. The number of hydrogen-bond acceptors (Lipinski definition) is 6. The highest BCUT2D eigenvalue weighted by Crippen LogP contribution is 2.25. The molecular weight excluding hydrogens is 382 g/mol. The van der Waals surface area contributed by atoms with Crippen LogP contribution >= 0.6 is 0 Å². The molecule has 2 aromatic heterocycles. The van der Waals surface area contributed by atoms with Gasteiger partial charge in [-0.15, -0.1) is 0 Å². The van der Waals surface area contributed by atoms with E-state index in [-0.39, 0.29) is 5.69 Å². The monoisotopic (exact) mass is 407 g/mol. The molecular formula is C22H25N5O3. The first kappa shape index (κ1) is 21.1. The van der Waals surface area contributed by atoms with Gasteiger partial charge >= 0.3 is 5.69 Å². The molecule has 2 N–H and O–H groups in total. The number of aromatic amines is 1. The van der Waals surface area contributed by atoms with E-state index in [0.29, 0.717) is 31.5 Å². The van der Waals surface area contributed by atoms with Crippen LogP contribution < -0.4 is 11.0 Å². The summed E-state index contributed by atoms with van der Waals surface area (Å²) in [7, 11) is 0. The topological polar surface area (TPSA) is 98.0 Å². The molecule has 8 heteroatoms. The molecule has 0 spiro atoms. The Morgan fingerprint density at radius 3 is 3.03 bits per heavy atom. The first-order valence-corrected chi connectivity index (χ1v) is 9.61. The minimum absolute atomic E-state index is 0.262. The van der Waals surface area contributed by atoms with Gasteiger partial charge in [-0.25, -0.2) is 14.5 Å². The molecule has 2 heterocycles. The van der Waals surface area contributed by atoms with Crippen LogP contribution in [-0.4, -0.2) is 26.4 Å². The number of oxazole rings is 1. The van der Waals surface area contributed by atoms with Crippen molar-refractivity contribution in [3.63, 3.8) is 0 Å². The molecule has 0 bridgehead atoms. The van der Waals surface area contributed by atoms with Gasteiger partial charge in [0.15, 0.2) is 5.76 Å². The quantitative estimate of drug-likeness (QED) is 0.494. The number of hydrogen-bond donors (Lipinski definition) is 2. The summed E-state index contributed by atoms with van der Waals surface area (Å²) >= 11 is 0. The molecule has 0 saturated heterocycles. The fraction of sp³-hybridized carbons (Fsp3) is 0.227. The van der Waals surface area contributed by atoms with Gasteiger partial charge in [-0.1, -0.05) is 43.0 Å². The van der Waals surface area contributed by atoms with E-state index in [4.69, 9.17) is 9.15 Å². The predicted molar refractivity (Wildman–Crippen MR) is 116 cm³/mol. The van der Waals surface area contributed by atoms with Crippen LogP contribution in [0.25, 0.3) is 5.57 Å². The molecule has 0 fully saturated rings. The van der Waals surface area contributed by atoms with Gasteiger partial charge in [0.1, 0.15) is 6.33 Å². The van der Waals surface area contributed by atoms with Gasteiger partial charge in [0.2, 0.25) is 0 Å². The first-order valence-electron chi connectivity index (χ1n) is 9.61. The van der Waals surface area contributed by atoms with E-state index in [1.54, 1.807) is 12.3 Å². The summed E-state index contributed by atoms with van der Waals surface area (Å²) in [5.41, 5.74) is 3.56. The Hall–Kier alpha value is -3.65. The number of aromatic nitrogens is 4. The number of benzene rings is 1. The molecule has 0 amide bonds. The number of anilines is 2. The van der Waals surface area contributed by atoms with Crippen LogP contribution in [0, 0.1) is 6.92 Å². The summed E-state index contributed by atoms with van der Waals surface area (Å²) in [5.74, 6) is 0.575. The normalized spacial score (nSPS) is 11.9. The smallest absolute Gasteiger partial charge is 0.343 e. The molecule has 0 saturated carbocycles. The Morgan fingerprint density at radius 1 is 1.43 bits per heavy atom. The Labute approximate surface area is 174 Å². The van der Waals surface area contributed by atoms with Gasteiger partial charge in [0, 0.05) is 17.9 Å². The molecule has 0 aliphatic carbocycles. The largest absolute Gasteiger partial charge is 0.423 e. The number of nitrogens with zero attached hydrogens (tertiary/aromatic N) is 3. The maximum atomic E-state index is 11.5. The Balaban J connectivity index is 1.73. The predicted octanol–water partition coefficient (Wildman–Crippen LogP) is 3.97. The zero-order chi connectivity index (χ0) is 21.3. The maximum Gasteiger partial charge on any atom is 0.343 e. The van der Waals surface area contributed by atoms with Gasteiger partial charge in [0.05, 0.1) is 19.3 Å². The van der Waals surface area contributed by atoms with Crippen LogP contribution in [0.3, 0.4) is 0 Å². The van der Waals surface area contributed by atoms with Crippen LogP contribution in [0.2, 0.25) is 0 Å². The third-order valence-corrected chi connectivity index (χ3v) is 4.30. The molecule has 0 radical (unpaired) electrons. The van der Waals surface area contributed by atoms with E-state index in [1.807, 2.05) is 50.3 Å². The van der Waals surface area contributed by atoms with Crippen molar-refractivity contribution >= 4 is 17.3 Å². The van der Waals surface area contributed by atoms with Crippen LogP contribution in [0.1, 0.15) is 23.8 Å². The number of nitrogens with one attached hydrogen (secondary N) is 2. The summed E-state index contributed by atoms with van der Waals surface area (Å²) in [6, 6.07) is 6.48. The minimum Gasteiger partial charge on any atom is -0.423 e. The van der Waals surface area contributed by atoms with E-state index >= 15 is 0 Å². The maximum absolute atomic E-state index is 11.5. The van der Waals surface area contributed by atoms with Gasteiger partial charge in [-0.2, -0.15) is 5.10 Å². The van der Waals surface area contributed by atoms with Crippen LogP contribution in [0.15, 0.2) is 70.8 Å². The summed E-state index contributed by atoms with van der Waals surface area (Å²) in [5, 5.41) is 7.14. The van der Waals surface area contributed by atoms with Crippen molar-refractivity contribution in [2.24, 2.45) is 0 Å². The molecule has 8 nitrogen and oxygen atoms in total. The minimum atomic E-state index is -0.262. The Kier molecular flexibility index (Phi) is 7.18. The number of ether oxygens (including phenoxy) is 1. The van der Waals surface area contributed by atoms with Gasteiger partial charge in [0.25, 0.3) is 6.01 Å². The first-order chi connectivity index (χ1) is 14.6. The van der Waals surface area contributed by atoms with E-state index < -0.39 is 0 Å². The lowest BCUT2D eigenvalue weighted by molar-refractivity contribution is 0.134. The van der Waals surface area contributed by atoms with E-state index in [0.717, 1.165) is 22.4 Å². The molecule has 0 aliphatic heterocycles. The van der Waals surface area contributed by atoms with Crippen molar-refractivity contribution in [1.82, 2.24) is 19.7 Å². The number of aryl methyl sites for hydroxylation is 1. The van der Waals surface area contributed by atoms with Crippen molar-refractivity contribution < 1.29 is 9.15 Å². The molecule has 0 aliphatic rings. The highest BCUT2D eigenvalue weighted by molar-refractivity contribution is 5.72. The van der Waals surface area contributed by atoms with Crippen molar-refractivity contribution in [2.75, 3.05) is 11.9 Å². The SMILES string of the molecule is C=C/C=C(\C=C/Cn1nc[nH]c1=O)c1cnc(Nc2cc(COCC)ccc2C)o1. The summed E-state index contributed by atoms with van der Waals surface area (Å²) in [6.07, 6.45) is 10.1. The van der Waals surface area contributed by atoms with Crippen molar-refractivity contribution in [2.45, 2.75) is 27.0 Å². The molecule has 1 aromatic carbocycles. The standard InChI is InChI=1S/C22H25N5O3/c1-4-7-18(8-6-11-27-22(28)24-15-25-27)20-13-23-21(30-20)26-19-12-17(14-29-5-2)10-9-16(19)3/h4,6-10,12-13,15H,1,5,11,14H2,2-3H3,(H,23,26)(H,24,25,28)/b8-6-,18-7+. The molecule has 3 rings (SSSR count). The second kappa shape index (κ2) is 10.2. The van der Waals surface area contributed by atoms with E-state index in [1.165, 1.54) is 11.0 Å². The molecule has 0 atom stereocenters. The highest BCUT2D eigenvalue weighted by atomic mass is 16.5. The second-order valence-electron chi connectivity index (χ2n) is 6.48. The van der Waals surface area contributed by atoms with Gasteiger partial charge < -0.3 is 14.5 Å². The number of H-pyrrole nitrogens is 1. The molecule has 3 aromatic rings. The molecule has 30 heavy (non-hydrogen) atoms. The lowest BCUT2D eigenvalue weighted by Gasteiger charge is -2.09. The van der Waals surface area contributed by atoms with E-state index in [9.17, 15) is 4.79 Å².